The molecule has 82 valence electrons. The summed E-state index contributed by atoms with van der Waals surface area (Å²) in [4.78, 5) is 11.1. The van der Waals surface area contributed by atoms with E-state index in [1.807, 2.05) is 32.2 Å². The molecular weight excluding hydrogens is 202 g/mol. The summed E-state index contributed by atoms with van der Waals surface area (Å²) in [5.74, 6) is -0.426. The maximum Gasteiger partial charge on any atom is 0.248 e. The van der Waals surface area contributed by atoms with Crippen molar-refractivity contribution in [2.45, 2.75) is 13.8 Å². The largest absolute Gasteiger partial charge is 0.366 e. The van der Waals surface area contributed by atoms with Crippen LogP contribution in [0.15, 0.2) is 30.5 Å². The van der Waals surface area contributed by atoms with Crippen LogP contribution in [-0.2, 0) is 0 Å². The van der Waals surface area contributed by atoms with Crippen LogP contribution < -0.4 is 5.73 Å². The summed E-state index contributed by atoms with van der Waals surface area (Å²) in [6.45, 7) is 3.89. The van der Waals surface area contributed by atoms with Gasteiger partial charge < -0.3 is 5.73 Å². The van der Waals surface area contributed by atoms with Crippen molar-refractivity contribution < 1.29 is 4.79 Å². The molecule has 0 aliphatic rings. The molecule has 1 aromatic heterocycles. The van der Waals surface area contributed by atoms with Gasteiger partial charge in [0.1, 0.15) is 0 Å². The summed E-state index contributed by atoms with van der Waals surface area (Å²) in [7, 11) is 0. The van der Waals surface area contributed by atoms with Crippen LogP contribution >= 0.6 is 0 Å². The molecule has 0 bridgehead atoms. The fourth-order valence-corrected chi connectivity index (χ4v) is 1.56. The lowest BCUT2D eigenvalue weighted by molar-refractivity contribution is 0.100. The molecule has 0 aliphatic heterocycles. The predicted octanol–water partition coefficient (Wildman–Crippen LogP) is 1.59. The molecular formula is C12H13N3O. The van der Waals surface area contributed by atoms with Gasteiger partial charge in [0.25, 0.3) is 0 Å². The van der Waals surface area contributed by atoms with E-state index in [1.54, 1.807) is 16.8 Å². The van der Waals surface area contributed by atoms with E-state index in [0.29, 0.717) is 5.56 Å². The van der Waals surface area contributed by atoms with Crippen molar-refractivity contribution in [3.63, 3.8) is 0 Å². The first kappa shape index (κ1) is 10.4. The van der Waals surface area contributed by atoms with Gasteiger partial charge in [0.2, 0.25) is 5.91 Å². The quantitative estimate of drug-likeness (QED) is 0.826. The van der Waals surface area contributed by atoms with Crippen molar-refractivity contribution in [1.82, 2.24) is 9.78 Å². The summed E-state index contributed by atoms with van der Waals surface area (Å²) in [5, 5.41) is 4.31. The Morgan fingerprint density at radius 3 is 2.62 bits per heavy atom. The standard InChI is InChI=1S/C12H13N3O/c1-8-3-4-10(12(13)16)7-11(8)15-6-5-9(2)14-15/h3-7H,1-2H3,(H2,13,16). The molecule has 0 fully saturated rings. The monoisotopic (exact) mass is 215 g/mol. The molecule has 1 aromatic carbocycles. The van der Waals surface area contributed by atoms with E-state index >= 15 is 0 Å². The second-order valence-corrected chi connectivity index (χ2v) is 3.77. The van der Waals surface area contributed by atoms with Crippen LogP contribution in [0.25, 0.3) is 5.69 Å². The zero-order chi connectivity index (χ0) is 11.7. The van der Waals surface area contributed by atoms with E-state index in [1.165, 1.54) is 0 Å². The van der Waals surface area contributed by atoms with E-state index < -0.39 is 5.91 Å². The van der Waals surface area contributed by atoms with Crippen LogP contribution in [0.3, 0.4) is 0 Å². The SMILES string of the molecule is Cc1ccn(-c2cc(C(N)=O)ccc2C)n1. The third-order valence-corrected chi connectivity index (χ3v) is 2.46. The lowest BCUT2D eigenvalue weighted by Crippen LogP contribution is -2.12. The molecule has 4 nitrogen and oxygen atoms in total. The second-order valence-electron chi connectivity index (χ2n) is 3.77. The van der Waals surface area contributed by atoms with Crippen LogP contribution in [0.2, 0.25) is 0 Å². The first-order chi connectivity index (χ1) is 7.58. The van der Waals surface area contributed by atoms with E-state index in [-0.39, 0.29) is 0 Å². The number of nitrogens with two attached hydrogens (primary N) is 1. The third-order valence-electron chi connectivity index (χ3n) is 2.46. The molecule has 0 aliphatic carbocycles. The first-order valence-corrected chi connectivity index (χ1v) is 5.01. The van der Waals surface area contributed by atoms with Crippen molar-refractivity contribution in [3.05, 3.63) is 47.3 Å². The summed E-state index contributed by atoms with van der Waals surface area (Å²) in [5.41, 5.74) is 8.60. The number of hydrogen-bond donors (Lipinski definition) is 1. The molecule has 2 N–H and O–H groups in total. The van der Waals surface area contributed by atoms with Crippen molar-refractivity contribution in [2.75, 3.05) is 0 Å². The fourth-order valence-electron chi connectivity index (χ4n) is 1.56. The minimum atomic E-state index is -0.426. The van der Waals surface area contributed by atoms with Gasteiger partial charge in [-0.1, -0.05) is 6.07 Å². The minimum absolute atomic E-state index is 0.426. The Balaban J connectivity index is 2.55. The average molecular weight is 215 g/mol. The zero-order valence-electron chi connectivity index (χ0n) is 9.27. The van der Waals surface area contributed by atoms with Gasteiger partial charge in [-0.25, -0.2) is 4.68 Å². The van der Waals surface area contributed by atoms with Crippen LogP contribution in [-0.4, -0.2) is 15.7 Å². The van der Waals surface area contributed by atoms with Gasteiger partial charge in [0.15, 0.2) is 0 Å². The number of aromatic nitrogens is 2. The lowest BCUT2D eigenvalue weighted by Gasteiger charge is -2.07. The number of benzene rings is 1. The van der Waals surface area contributed by atoms with Gasteiger partial charge in [0, 0.05) is 11.8 Å². The molecule has 0 saturated heterocycles. The van der Waals surface area contributed by atoms with Gasteiger partial charge >= 0.3 is 0 Å². The van der Waals surface area contributed by atoms with Gasteiger partial charge in [-0.2, -0.15) is 5.10 Å². The summed E-state index contributed by atoms with van der Waals surface area (Å²) in [6, 6.07) is 7.25. The van der Waals surface area contributed by atoms with Gasteiger partial charge in [-0.3, -0.25) is 4.79 Å². The van der Waals surface area contributed by atoms with Crippen LogP contribution in [0.1, 0.15) is 21.6 Å². The Labute approximate surface area is 93.7 Å². The number of carbonyl (C=O) groups is 1. The van der Waals surface area contributed by atoms with Gasteiger partial charge in [-0.15, -0.1) is 0 Å². The Kier molecular flexibility index (Phi) is 2.48. The summed E-state index contributed by atoms with van der Waals surface area (Å²) < 4.78 is 1.75. The predicted molar refractivity (Wildman–Crippen MR) is 61.6 cm³/mol. The summed E-state index contributed by atoms with van der Waals surface area (Å²) >= 11 is 0. The van der Waals surface area contributed by atoms with Crippen molar-refractivity contribution in [3.8, 4) is 5.69 Å². The Morgan fingerprint density at radius 2 is 2.06 bits per heavy atom. The molecule has 2 rings (SSSR count). The lowest BCUT2D eigenvalue weighted by atomic mass is 10.1. The van der Waals surface area contributed by atoms with Gasteiger partial charge in [0.05, 0.1) is 11.4 Å². The fraction of sp³-hybridized carbons (Fsp3) is 0.167. The van der Waals surface area contributed by atoms with E-state index in [0.717, 1.165) is 16.9 Å². The van der Waals surface area contributed by atoms with Crippen molar-refractivity contribution >= 4 is 5.91 Å². The average Bonchev–Trinajstić information content (AvgIpc) is 2.65. The summed E-state index contributed by atoms with van der Waals surface area (Å²) in [6.07, 6.45) is 1.86. The molecule has 0 saturated carbocycles. The van der Waals surface area contributed by atoms with Crippen LogP contribution in [0, 0.1) is 13.8 Å². The topological polar surface area (TPSA) is 60.9 Å². The highest BCUT2D eigenvalue weighted by atomic mass is 16.1. The molecule has 0 radical (unpaired) electrons. The number of aryl methyl sites for hydroxylation is 2. The smallest absolute Gasteiger partial charge is 0.248 e. The van der Waals surface area contributed by atoms with Crippen molar-refractivity contribution in [2.24, 2.45) is 5.73 Å². The molecule has 0 unspecified atom stereocenters. The molecule has 16 heavy (non-hydrogen) atoms. The second kappa shape index (κ2) is 3.81. The number of primary amides is 1. The van der Waals surface area contributed by atoms with Crippen molar-refractivity contribution in [1.29, 1.82) is 0 Å². The normalized spacial score (nSPS) is 10.4. The molecule has 2 aromatic rings. The molecule has 1 amide bonds. The first-order valence-electron chi connectivity index (χ1n) is 5.01. The maximum absolute atomic E-state index is 11.1. The third kappa shape index (κ3) is 1.82. The van der Waals surface area contributed by atoms with Gasteiger partial charge in [-0.05, 0) is 37.6 Å². The Morgan fingerprint density at radius 1 is 1.31 bits per heavy atom. The molecule has 0 atom stereocenters. The van der Waals surface area contributed by atoms with Crippen LogP contribution in [0.5, 0.6) is 0 Å². The number of nitrogens with zero attached hydrogens (tertiary/aromatic N) is 2. The minimum Gasteiger partial charge on any atom is -0.366 e. The molecule has 4 heteroatoms. The van der Waals surface area contributed by atoms with Crippen LogP contribution in [0.4, 0.5) is 0 Å². The highest BCUT2D eigenvalue weighted by Gasteiger charge is 2.06. The zero-order valence-corrected chi connectivity index (χ0v) is 9.27. The number of hydrogen-bond acceptors (Lipinski definition) is 2. The molecule has 1 heterocycles. The van der Waals surface area contributed by atoms with E-state index in [4.69, 9.17) is 5.73 Å². The number of carbonyl (C=O) groups excluding carboxylic acids is 1. The highest BCUT2D eigenvalue weighted by molar-refractivity contribution is 5.93. The number of rotatable bonds is 2. The van der Waals surface area contributed by atoms with E-state index in [2.05, 4.69) is 5.10 Å². The Hall–Kier alpha value is -2.10. The maximum atomic E-state index is 11.1. The highest BCUT2D eigenvalue weighted by Crippen LogP contribution is 2.15. The van der Waals surface area contributed by atoms with E-state index in [9.17, 15) is 4.79 Å². The number of amides is 1. The molecule has 0 spiro atoms. The Bertz CT molecular complexity index is 543.